The van der Waals surface area contributed by atoms with E-state index in [-0.39, 0.29) is 30.3 Å². The van der Waals surface area contributed by atoms with E-state index in [0.717, 1.165) is 11.1 Å². The van der Waals surface area contributed by atoms with Crippen molar-refractivity contribution in [2.24, 2.45) is 0 Å². The van der Waals surface area contributed by atoms with E-state index in [0.29, 0.717) is 22.7 Å². The van der Waals surface area contributed by atoms with Crippen LogP contribution < -0.4 is 19.7 Å². The Morgan fingerprint density at radius 1 is 1.00 bits per heavy atom. The van der Waals surface area contributed by atoms with Gasteiger partial charge in [-0.1, -0.05) is 24.3 Å². The lowest BCUT2D eigenvalue weighted by atomic mass is 10.1. The number of hydrogen-bond acceptors (Lipinski definition) is 6. The molecule has 2 aliphatic heterocycles. The lowest BCUT2D eigenvalue weighted by molar-refractivity contribution is -0.121. The van der Waals surface area contributed by atoms with E-state index < -0.39 is 26.9 Å². The fourth-order valence-electron chi connectivity index (χ4n) is 4.56. The number of para-hydroxylation sites is 1. The molecule has 0 bridgehead atoms. The summed E-state index contributed by atoms with van der Waals surface area (Å²) in [6, 6.07) is 16.8. The van der Waals surface area contributed by atoms with Crippen LogP contribution in [0.25, 0.3) is 0 Å². The molecular formula is C26H24N2O6S. The highest BCUT2D eigenvalue weighted by Crippen LogP contribution is 2.43. The van der Waals surface area contributed by atoms with E-state index in [1.165, 1.54) is 11.0 Å². The number of aryl methyl sites for hydroxylation is 2. The van der Waals surface area contributed by atoms with Crippen molar-refractivity contribution in [2.45, 2.75) is 30.4 Å². The topological polar surface area (TPSA) is 102 Å². The first-order valence-electron chi connectivity index (χ1n) is 11.1. The zero-order valence-electron chi connectivity index (χ0n) is 19.3. The monoisotopic (exact) mass is 492 g/mol. The number of hydrogen-bond donors (Lipinski definition) is 1. The molecule has 0 aromatic heterocycles. The Kier molecular flexibility index (Phi) is 5.72. The summed E-state index contributed by atoms with van der Waals surface area (Å²) in [6.45, 7) is 3.60. The van der Waals surface area contributed by atoms with Crippen LogP contribution in [0.5, 0.6) is 11.5 Å². The Balaban J connectivity index is 1.49. The second-order valence-corrected chi connectivity index (χ2v) is 10.8. The zero-order valence-corrected chi connectivity index (χ0v) is 20.1. The largest absolute Gasteiger partial charge is 0.454 e. The maximum Gasteiger partial charge on any atom is 0.244 e. The van der Waals surface area contributed by atoms with Crippen LogP contribution in [0, 0.1) is 13.8 Å². The molecule has 1 atom stereocenters. The first-order chi connectivity index (χ1) is 16.7. The van der Waals surface area contributed by atoms with Gasteiger partial charge in [0.1, 0.15) is 6.54 Å². The summed E-state index contributed by atoms with van der Waals surface area (Å²) in [5, 5.41) is 1.70. The molecule has 0 aliphatic carbocycles. The molecule has 2 heterocycles. The summed E-state index contributed by atoms with van der Waals surface area (Å²) in [4.78, 5) is 27.6. The van der Waals surface area contributed by atoms with Crippen LogP contribution in [0.4, 0.5) is 11.4 Å². The predicted molar refractivity (Wildman–Crippen MR) is 130 cm³/mol. The van der Waals surface area contributed by atoms with Crippen molar-refractivity contribution in [3.63, 3.8) is 0 Å². The van der Waals surface area contributed by atoms with E-state index in [1.807, 2.05) is 32.0 Å². The number of carbonyl (C=O) groups is 2. The van der Waals surface area contributed by atoms with Gasteiger partial charge >= 0.3 is 0 Å². The van der Waals surface area contributed by atoms with Crippen molar-refractivity contribution in [1.82, 2.24) is 0 Å². The lowest BCUT2D eigenvalue weighted by Gasteiger charge is -2.22. The number of nitrogens with one attached hydrogen (secondary N) is 1. The summed E-state index contributed by atoms with van der Waals surface area (Å²) < 4.78 is 38.2. The van der Waals surface area contributed by atoms with Gasteiger partial charge < -0.3 is 19.7 Å². The van der Waals surface area contributed by atoms with Gasteiger partial charge in [-0.05, 0) is 66.9 Å². The smallest absolute Gasteiger partial charge is 0.244 e. The Morgan fingerprint density at radius 2 is 1.71 bits per heavy atom. The van der Waals surface area contributed by atoms with Crippen LogP contribution in [-0.4, -0.2) is 33.6 Å². The molecule has 8 nitrogen and oxygen atoms in total. The molecule has 35 heavy (non-hydrogen) atoms. The van der Waals surface area contributed by atoms with Gasteiger partial charge in [0.25, 0.3) is 0 Å². The Hall–Kier alpha value is -3.85. The molecule has 0 spiro atoms. The lowest BCUT2D eigenvalue weighted by Crippen LogP contribution is -2.38. The molecule has 3 aromatic rings. The molecule has 2 amide bonds. The van der Waals surface area contributed by atoms with Gasteiger partial charge in [0.15, 0.2) is 21.3 Å². The van der Waals surface area contributed by atoms with Crippen molar-refractivity contribution < 1.29 is 27.5 Å². The summed E-state index contributed by atoms with van der Waals surface area (Å²) in [6.07, 6.45) is -0.312. The normalized spacial score (nSPS) is 18.1. The number of sulfone groups is 1. The van der Waals surface area contributed by atoms with Crippen LogP contribution in [0.15, 0.2) is 65.6 Å². The SMILES string of the molecule is Cc1cc(C)cc(NC(=O)CN2C(=O)CC(c3ccc4c(c3)OCO4)S(=O)(=O)c3ccccc32)c1. The van der Waals surface area contributed by atoms with Crippen molar-refractivity contribution >= 4 is 33.0 Å². The second kappa shape index (κ2) is 8.74. The molecule has 180 valence electrons. The van der Waals surface area contributed by atoms with Crippen molar-refractivity contribution in [2.75, 3.05) is 23.6 Å². The standard InChI is InChI=1S/C26H24N2O6S/c1-16-9-17(2)11-19(10-16)27-25(29)14-28-20-5-3-4-6-23(20)35(31,32)24(13-26(28)30)18-7-8-21-22(12-18)34-15-33-21/h3-12,24H,13-15H2,1-2H3,(H,27,29). The van der Waals surface area contributed by atoms with Gasteiger partial charge in [-0.25, -0.2) is 8.42 Å². The minimum absolute atomic E-state index is 0.00715. The average molecular weight is 493 g/mol. The van der Waals surface area contributed by atoms with Gasteiger partial charge in [-0.3, -0.25) is 9.59 Å². The third kappa shape index (κ3) is 4.35. The van der Waals surface area contributed by atoms with E-state index in [2.05, 4.69) is 5.32 Å². The molecule has 0 radical (unpaired) electrons. The number of rotatable bonds is 4. The molecule has 1 N–H and O–H groups in total. The van der Waals surface area contributed by atoms with Gasteiger partial charge in [-0.15, -0.1) is 0 Å². The van der Waals surface area contributed by atoms with E-state index in [4.69, 9.17) is 9.47 Å². The van der Waals surface area contributed by atoms with Crippen LogP contribution in [0.1, 0.15) is 28.4 Å². The zero-order chi connectivity index (χ0) is 24.7. The minimum atomic E-state index is -3.95. The average Bonchev–Trinajstić information content (AvgIpc) is 3.25. The third-order valence-corrected chi connectivity index (χ3v) is 8.22. The molecule has 9 heteroatoms. The summed E-state index contributed by atoms with van der Waals surface area (Å²) >= 11 is 0. The van der Waals surface area contributed by atoms with Crippen molar-refractivity contribution in [3.05, 3.63) is 77.4 Å². The molecule has 2 aliphatic rings. The van der Waals surface area contributed by atoms with Gasteiger partial charge in [0, 0.05) is 12.1 Å². The van der Waals surface area contributed by atoms with E-state index in [1.54, 1.807) is 36.4 Å². The molecule has 0 fully saturated rings. The summed E-state index contributed by atoms with van der Waals surface area (Å²) in [5.74, 6) is 0.0809. The van der Waals surface area contributed by atoms with Gasteiger partial charge in [0.2, 0.25) is 18.6 Å². The molecule has 1 unspecified atom stereocenters. The number of benzene rings is 3. The first kappa shape index (κ1) is 22.9. The van der Waals surface area contributed by atoms with E-state index in [9.17, 15) is 18.0 Å². The number of ether oxygens (including phenoxy) is 2. The van der Waals surface area contributed by atoms with Crippen LogP contribution in [-0.2, 0) is 19.4 Å². The highest BCUT2D eigenvalue weighted by atomic mass is 32.2. The molecular weight excluding hydrogens is 468 g/mol. The third-order valence-electron chi connectivity index (χ3n) is 6.07. The highest BCUT2D eigenvalue weighted by Gasteiger charge is 2.40. The molecule has 3 aromatic carbocycles. The molecule has 5 rings (SSSR count). The number of anilines is 2. The first-order valence-corrected chi connectivity index (χ1v) is 12.7. The predicted octanol–water partition coefficient (Wildman–Crippen LogP) is 3.92. The maximum absolute atomic E-state index is 13.7. The molecule has 0 saturated heterocycles. The highest BCUT2D eigenvalue weighted by molar-refractivity contribution is 7.92. The number of fused-ring (bicyclic) bond motifs is 2. The van der Waals surface area contributed by atoms with Crippen LogP contribution in [0.3, 0.4) is 0 Å². The second-order valence-electron chi connectivity index (χ2n) is 8.72. The van der Waals surface area contributed by atoms with Crippen LogP contribution in [0.2, 0.25) is 0 Å². The number of nitrogens with zero attached hydrogens (tertiary/aromatic N) is 1. The fourth-order valence-corrected chi connectivity index (χ4v) is 6.47. The van der Waals surface area contributed by atoms with Gasteiger partial charge in [0.05, 0.1) is 15.8 Å². The minimum Gasteiger partial charge on any atom is -0.454 e. The number of amides is 2. The Bertz CT molecular complexity index is 1430. The Labute approximate surface area is 203 Å². The van der Waals surface area contributed by atoms with Crippen molar-refractivity contribution in [1.29, 1.82) is 0 Å². The number of carbonyl (C=O) groups excluding carboxylic acids is 2. The quantitative estimate of drug-likeness (QED) is 0.592. The maximum atomic E-state index is 13.7. The fraction of sp³-hybridized carbons (Fsp3) is 0.231. The van der Waals surface area contributed by atoms with Crippen molar-refractivity contribution in [3.8, 4) is 11.5 Å². The summed E-state index contributed by atoms with van der Waals surface area (Å²) in [7, 11) is -3.95. The van der Waals surface area contributed by atoms with E-state index >= 15 is 0 Å². The summed E-state index contributed by atoms with van der Waals surface area (Å²) in [5.41, 5.74) is 3.23. The molecule has 0 saturated carbocycles. The van der Waals surface area contributed by atoms with Gasteiger partial charge in [-0.2, -0.15) is 0 Å². The van der Waals surface area contributed by atoms with Crippen LogP contribution >= 0.6 is 0 Å². The Morgan fingerprint density at radius 3 is 2.49 bits per heavy atom.